The number of nitrogens with one attached hydrogen (secondary N) is 1. The molecule has 1 aromatic carbocycles. The average Bonchev–Trinajstić information content (AvgIpc) is 3.23. The fourth-order valence-corrected chi connectivity index (χ4v) is 6.11. The van der Waals surface area contributed by atoms with Gasteiger partial charge in [0.2, 0.25) is 10.0 Å². The van der Waals surface area contributed by atoms with Crippen molar-refractivity contribution in [3.05, 3.63) is 29.3 Å². The summed E-state index contributed by atoms with van der Waals surface area (Å²) in [5.41, 5.74) is -4.60. The number of benzene rings is 1. The zero-order chi connectivity index (χ0) is 21.8. The summed E-state index contributed by atoms with van der Waals surface area (Å²) in [6, 6.07) is 1.49. The van der Waals surface area contributed by atoms with Crippen molar-refractivity contribution < 1.29 is 41.4 Å². The first-order valence-electron chi connectivity index (χ1n) is 8.97. The van der Waals surface area contributed by atoms with E-state index in [1.807, 2.05) is 0 Å². The summed E-state index contributed by atoms with van der Waals surface area (Å²) in [7, 11) is -4.67. The van der Waals surface area contributed by atoms with Crippen molar-refractivity contribution >= 4 is 22.0 Å². The van der Waals surface area contributed by atoms with Crippen molar-refractivity contribution in [2.75, 3.05) is 0 Å². The molecule has 0 spiro atoms. The normalized spacial score (nSPS) is 26.3. The first kappa shape index (κ1) is 21.6. The van der Waals surface area contributed by atoms with Gasteiger partial charge in [-0.1, -0.05) is 6.42 Å². The fraction of sp³-hybridized carbons (Fsp3) is 0.556. The molecule has 3 rings (SSSR count). The van der Waals surface area contributed by atoms with Gasteiger partial charge in [-0.3, -0.25) is 4.79 Å². The van der Waals surface area contributed by atoms with Gasteiger partial charge < -0.3 is 10.2 Å². The van der Waals surface area contributed by atoms with E-state index in [-0.39, 0.29) is 12.0 Å². The van der Waals surface area contributed by atoms with Gasteiger partial charge in [-0.2, -0.15) is 17.9 Å². The molecule has 4 atom stereocenters. The summed E-state index contributed by atoms with van der Waals surface area (Å²) in [6.07, 6.45) is -2.02. The van der Waals surface area contributed by atoms with Crippen molar-refractivity contribution in [3.8, 4) is 0 Å². The number of carboxylic acids is 2. The summed E-state index contributed by atoms with van der Waals surface area (Å²) in [5, 5.41) is 18.7. The molecule has 1 aromatic rings. The molecule has 3 N–H and O–H groups in total. The topological polar surface area (TPSA) is 121 Å². The van der Waals surface area contributed by atoms with Crippen LogP contribution >= 0.6 is 0 Å². The summed E-state index contributed by atoms with van der Waals surface area (Å²) >= 11 is 0. The van der Waals surface area contributed by atoms with Crippen molar-refractivity contribution in [1.29, 1.82) is 0 Å². The lowest BCUT2D eigenvalue weighted by atomic mass is 9.75. The van der Waals surface area contributed by atoms with Crippen LogP contribution in [0.15, 0.2) is 23.1 Å². The molecular weight excluding hydrogens is 415 g/mol. The summed E-state index contributed by atoms with van der Waals surface area (Å²) in [4.78, 5) is 22.2. The van der Waals surface area contributed by atoms with Crippen LogP contribution in [-0.2, 0) is 21.0 Å². The van der Waals surface area contributed by atoms with Crippen LogP contribution in [0, 0.1) is 17.8 Å². The smallest absolute Gasteiger partial charge is 0.417 e. The van der Waals surface area contributed by atoms with Crippen LogP contribution in [-0.4, -0.2) is 36.1 Å². The van der Waals surface area contributed by atoms with E-state index in [0.29, 0.717) is 18.4 Å². The minimum Gasteiger partial charge on any atom is -0.480 e. The maximum absolute atomic E-state index is 13.2. The van der Waals surface area contributed by atoms with Crippen molar-refractivity contribution in [1.82, 2.24) is 4.72 Å². The Morgan fingerprint density at radius 3 is 2.24 bits per heavy atom. The van der Waals surface area contributed by atoms with E-state index in [9.17, 15) is 36.3 Å². The second kappa shape index (κ2) is 6.98. The van der Waals surface area contributed by atoms with Crippen LogP contribution in [0.4, 0.5) is 13.2 Å². The molecule has 2 bridgehead atoms. The predicted molar refractivity (Wildman–Crippen MR) is 93.7 cm³/mol. The Hall–Kier alpha value is -2.14. The second-order valence-corrected chi connectivity index (χ2v) is 9.59. The Balaban J connectivity index is 2.00. The van der Waals surface area contributed by atoms with Gasteiger partial charge in [0.1, 0.15) is 5.54 Å². The van der Waals surface area contributed by atoms with Crippen molar-refractivity contribution in [2.24, 2.45) is 17.8 Å². The molecule has 0 heterocycles. The van der Waals surface area contributed by atoms with Crippen LogP contribution < -0.4 is 4.72 Å². The van der Waals surface area contributed by atoms with E-state index in [1.54, 1.807) is 0 Å². The van der Waals surface area contributed by atoms with E-state index < -0.39 is 55.6 Å². The average molecular weight is 435 g/mol. The number of hydrogen-bond acceptors (Lipinski definition) is 4. The molecule has 29 heavy (non-hydrogen) atoms. The lowest BCUT2D eigenvalue weighted by Crippen LogP contribution is -2.58. The van der Waals surface area contributed by atoms with E-state index in [1.165, 1.54) is 6.92 Å². The van der Waals surface area contributed by atoms with Gasteiger partial charge in [-0.05, 0) is 62.1 Å². The number of hydrogen-bond donors (Lipinski definition) is 3. The van der Waals surface area contributed by atoms with Gasteiger partial charge >= 0.3 is 18.1 Å². The van der Waals surface area contributed by atoms with E-state index in [4.69, 9.17) is 5.11 Å². The molecule has 0 radical (unpaired) electrons. The van der Waals surface area contributed by atoms with Crippen molar-refractivity contribution in [3.63, 3.8) is 0 Å². The van der Waals surface area contributed by atoms with Crippen LogP contribution in [0.1, 0.15) is 48.5 Å². The maximum Gasteiger partial charge on any atom is 0.417 e. The lowest BCUT2D eigenvalue weighted by Gasteiger charge is -2.37. The highest BCUT2D eigenvalue weighted by Crippen LogP contribution is 2.52. The first-order valence-corrected chi connectivity index (χ1v) is 10.5. The Bertz CT molecular complexity index is 961. The Morgan fingerprint density at radius 1 is 1.14 bits per heavy atom. The summed E-state index contributed by atoms with van der Waals surface area (Å²) < 4.78 is 67.3. The third-order valence-electron chi connectivity index (χ3n) is 6.11. The van der Waals surface area contributed by atoms with Crippen LogP contribution in [0.2, 0.25) is 0 Å². The number of carboxylic acid groups (broad SMARTS) is 2. The van der Waals surface area contributed by atoms with Crippen LogP contribution in [0.5, 0.6) is 0 Å². The Kier molecular flexibility index (Phi) is 5.19. The number of rotatable bonds is 6. The highest BCUT2D eigenvalue weighted by atomic mass is 32.2. The number of fused-ring (bicyclic) bond motifs is 2. The SMILES string of the molecule is CC(NS(=O)(=O)c1ccc(C(=O)O)c(C(F)(F)F)c1)(C(=O)O)C1CC2CCC1C2. The number of alkyl halides is 3. The minimum absolute atomic E-state index is 0.0314. The van der Waals surface area contributed by atoms with Gasteiger partial charge in [0, 0.05) is 0 Å². The van der Waals surface area contributed by atoms with E-state index in [2.05, 4.69) is 4.72 Å². The molecule has 2 saturated carbocycles. The molecule has 0 saturated heterocycles. The standard InChI is InChI=1S/C18H20F3NO6S/c1-17(16(25)26,13-7-9-2-3-10(13)6-9)22-29(27,28)11-4-5-12(15(23)24)14(8-11)18(19,20)21/h4-5,8-10,13,22H,2-3,6-7H2,1H3,(H,23,24)(H,25,26). The summed E-state index contributed by atoms with van der Waals surface area (Å²) in [5.74, 6) is -3.39. The molecule has 4 unspecified atom stereocenters. The van der Waals surface area contributed by atoms with Crippen LogP contribution in [0.3, 0.4) is 0 Å². The zero-order valence-corrected chi connectivity index (χ0v) is 16.2. The molecule has 0 aliphatic heterocycles. The Morgan fingerprint density at radius 2 is 1.79 bits per heavy atom. The Labute approximate surface area is 165 Å². The van der Waals surface area contributed by atoms with Gasteiger partial charge in [-0.25, -0.2) is 13.2 Å². The monoisotopic (exact) mass is 435 g/mol. The van der Waals surface area contributed by atoms with E-state index in [0.717, 1.165) is 25.3 Å². The number of aromatic carboxylic acids is 1. The largest absolute Gasteiger partial charge is 0.480 e. The molecule has 0 amide bonds. The highest BCUT2D eigenvalue weighted by molar-refractivity contribution is 7.89. The first-order chi connectivity index (χ1) is 13.3. The molecular formula is C18H20F3NO6S. The van der Waals surface area contributed by atoms with Gasteiger partial charge in [0.15, 0.2) is 0 Å². The molecule has 2 fully saturated rings. The summed E-state index contributed by atoms with van der Waals surface area (Å²) in [6.45, 7) is 1.23. The van der Waals surface area contributed by atoms with Gasteiger partial charge in [0.25, 0.3) is 0 Å². The molecule has 11 heteroatoms. The highest BCUT2D eigenvalue weighted by Gasteiger charge is 2.54. The fourth-order valence-electron chi connectivity index (χ4n) is 4.68. The number of halogens is 3. The minimum atomic E-state index is -5.10. The number of carbonyl (C=O) groups is 2. The van der Waals surface area contributed by atoms with E-state index >= 15 is 0 Å². The lowest BCUT2D eigenvalue weighted by molar-refractivity contribution is -0.146. The van der Waals surface area contributed by atoms with Gasteiger partial charge in [0.05, 0.1) is 16.0 Å². The second-order valence-electron chi connectivity index (χ2n) is 7.90. The van der Waals surface area contributed by atoms with Crippen LogP contribution in [0.25, 0.3) is 0 Å². The number of sulfonamides is 1. The molecule has 160 valence electrons. The third-order valence-corrected chi connectivity index (χ3v) is 7.67. The molecule has 2 aliphatic rings. The maximum atomic E-state index is 13.2. The molecule has 7 nitrogen and oxygen atoms in total. The quantitative estimate of drug-likeness (QED) is 0.632. The molecule has 0 aromatic heterocycles. The molecule has 2 aliphatic carbocycles. The zero-order valence-electron chi connectivity index (χ0n) is 15.4. The van der Waals surface area contributed by atoms with Gasteiger partial charge in [-0.15, -0.1) is 0 Å². The third kappa shape index (κ3) is 3.85. The number of aliphatic carboxylic acids is 1. The predicted octanol–water partition coefficient (Wildman–Crippen LogP) is 2.96. The van der Waals surface area contributed by atoms with Crippen molar-refractivity contribution in [2.45, 2.75) is 49.2 Å².